The Kier molecular flexibility index (Phi) is 3.79. The fraction of sp³-hybridized carbons (Fsp3) is 0.231. The van der Waals surface area contributed by atoms with Gasteiger partial charge in [0.1, 0.15) is 0 Å². The first-order valence-electron chi connectivity index (χ1n) is 5.71. The molecule has 1 unspecified atom stereocenters. The standard InChI is InChI=1S/C13H14ClN3O/c1-2-17-12(18)8-7-11(16-17)13(15)9-3-5-10(14)6-4-9/h3-8,13H,2,15H2,1H3. The lowest BCUT2D eigenvalue weighted by Gasteiger charge is -2.12. The minimum atomic E-state index is -0.360. The van der Waals surface area contributed by atoms with Crippen molar-refractivity contribution in [3.63, 3.8) is 0 Å². The van der Waals surface area contributed by atoms with Crippen LogP contribution in [-0.2, 0) is 6.54 Å². The molecule has 0 fully saturated rings. The van der Waals surface area contributed by atoms with Gasteiger partial charge in [-0.25, -0.2) is 4.68 Å². The minimum Gasteiger partial charge on any atom is -0.319 e. The van der Waals surface area contributed by atoms with Crippen LogP contribution in [0.1, 0.15) is 24.2 Å². The molecule has 5 heteroatoms. The van der Waals surface area contributed by atoms with Gasteiger partial charge in [-0.3, -0.25) is 4.79 Å². The van der Waals surface area contributed by atoms with E-state index in [4.69, 9.17) is 17.3 Å². The van der Waals surface area contributed by atoms with E-state index in [9.17, 15) is 4.79 Å². The van der Waals surface area contributed by atoms with Crippen LogP contribution in [0.3, 0.4) is 0 Å². The second-order valence-corrected chi connectivity index (χ2v) is 4.38. The molecule has 0 amide bonds. The maximum absolute atomic E-state index is 11.4. The maximum atomic E-state index is 11.4. The average Bonchev–Trinajstić information content (AvgIpc) is 2.39. The lowest BCUT2D eigenvalue weighted by molar-refractivity contribution is 0.587. The molecule has 0 aliphatic rings. The number of rotatable bonds is 3. The van der Waals surface area contributed by atoms with Crippen molar-refractivity contribution < 1.29 is 0 Å². The SMILES string of the molecule is CCn1nc(C(N)c2ccc(Cl)cc2)ccc1=O. The summed E-state index contributed by atoms with van der Waals surface area (Å²) in [4.78, 5) is 11.4. The van der Waals surface area contributed by atoms with Crippen molar-refractivity contribution in [3.8, 4) is 0 Å². The van der Waals surface area contributed by atoms with E-state index in [2.05, 4.69) is 5.10 Å². The van der Waals surface area contributed by atoms with Crippen molar-refractivity contribution in [3.05, 3.63) is 63.0 Å². The van der Waals surface area contributed by atoms with Gasteiger partial charge < -0.3 is 5.73 Å². The van der Waals surface area contributed by atoms with Crippen LogP contribution in [0.4, 0.5) is 0 Å². The predicted molar refractivity (Wildman–Crippen MR) is 71.7 cm³/mol. The number of nitrogens with zero attached hydrogens (tertiary/aromatic N) is 2. The normalized spacial score (nSPS) is 12.4. The second-order valence-electron chi connectivity index (χ2n) is 3.94. The van der Waals surface area contributed by atoms with Crippen LogP contribution in [0.5, 0.6) is 0 Å². The van der Waals surface area contributed by atoms with Crippen molar-refractivity contribution >= 4 is 11.6 Å². The lowest BCUT2D eigenvalue weighted by Crippen LogP contribution is -2.25. The molecule has 18 heavy (non-hydrogen) atoms. The zero-order valence-electron chi connectivity index (χ0n) is 10.0. The zero-order chi connectivity index (χ0) is 13.1. The first-order chi connectivity index (χ1) is 8.61. The summed E-state index contributed by atoms with van der Waals surface area (Å²) in [5.41, 5.74) is 7.57. The van der Waals surface area contributed by atoms with E-state index >= 15 is 0 Å². The van der Waals surface area contributed by atoms with Gasteiger partial charge in [-0.05, 0) is 30.7 Å². The van der Waals surface area contributed by atoms with Crippen molar-refractivity contribution in [2.45, 2.75) is 19.5 Å². The summed E-state index contributed by atoms with van der Waals surface area (Å²) in [6.07, 6.45) is 0. The maximum Gasteiger partial charge on any atom is 0.266 e. The van der Waals surface area contributed by atoms with Gasteiger partial charge in [0.25, 0.3) is 5.56 Å². The van der Waals surface area contributed by atoms with Crippen molar-refractivity contribution in [1.82, 2.24) is 9.78 Å². The summed E-state index contributed by atoms with van der Waals surface area (Å²) >= 11 is 5.83. The molecule has 4 nitrogen and oxygen atoms in total. The Morgan fingerprint density at radius 2 is 1.94 bits per heavy atom. The Hall–Kier alpha value is -1.65. The molecule has 1 heterocycles. The third-order valence-electron chi connectivity index (χ3n) is 2.73. The first-order valence-corrected chi connectivity index (χ1v) is 6.08. The summed E-state index contributed by atoms with van der Waals surface area (Å²) in [5.74, 6) is 0. The highest BCUT2D eigenvalue weighted by molar-refractivity contribution is 6.30. The van der Waals surface area contributed by atoms with Gasteiger partial charge in [-0.2, -0.15) is 5.10 Å². The molecular formula is C13H14ClN3O. The highest BCUT2D eigenvalue weighted by Crippen LogP contribution is 2.19. The zero-order valence-corrected chi connectivity index (χ0v) is 10.8. The van der Waals surface area contributed by atoms with E-state index in [0.29, 0.717) is 17.3 Å². The molecule has 2 rings (SSSR count). The van der Waals surface area contributed by atoms with Gasteiger partial charge in [0.05, 0.1) is 11.7 Å². The van der Waals surface area contributed by atoms with Crippen LogP contribution < -0.4 is 11.3 Å². The third-order valence-corrected chi connectivity index (χ3v) is 2.99. The van der Waals surface area contributed by atoms with Crippen LogP contribution >= 0.6 is 11.6 Å². The van der Waals surface area contributed by atoms with E-state index in [1.807, 2.05) is 19.1 Å². The molecule has 0 aliphatic carbocycles. The molecule has 0 saturated heterocycles. The van der Waals surface area contributed by atoms with Gasteiger partial charge in [0, 0.05) is 17.6 Å². The first kappa shape index (κ1) is 12.8. The topological polar surface area (TPSA) is 60.9 Å². The fourth-order valence-corrected chi connectivity index (χ4v) is 1.82. The molecule has 0 saturated carbocycles. The number of benzene rings is 1. The number of aryl methyl sites for hydroxylation is 1. The van der Waals surface area contributed by atoms with Crippen LogP contribution in [-0.4, -0.2) is 9.78 Å². The summed E-state index contributed by atoms with van der Waals surface area (Å²) < 4.78 is 1.39. The van der Waals surface area contributed by atoms with Crippen LogP contribution in [0.15, 0.2) is 41.2 Å². The third kappa shape index (κ3) is 2.60. The summed E-state index contributed by atoms with van der Waals surface area (Å²) in [7, 11) is 0. The fourth-order valence-electron chi connectivity index (χ4n) is 1.70. The highest BCUT2D eigenvalue weighted by atomic mass is 35.5. The Morgan fingerprint density at radius 1 is 1.28 bits per heavy atom. The molecule has 0 spiro atoms. The molecule has 94 valence electrons. The van der Waals surface area contributed by atoms with Gasteiger partial charge in [-0.15, -0.1) is 0 Å². The molecule has 0 radical (unpaired) electrons. The molecule has 0 aliphatic heterocycles. The average molecular weight is 264 g/mol. The van der Waals surface area contributed by atoms with E-state index in [1.165, 1.54) is 10.7 Å². The number of halogens is 1. The molecule has 1 atom stereocenters. The van der Waals surface area contributed by atoms with Crippen LogP contribution in [0.25, 0.3) is 0 Å². The van der Waals surface area contributed by atoms with Crippen molar-refractivity contribution in [2.24, 2.45) is 5.73 Å². The molecule has 2 N–H and O–H groups in total. The highest BCUT2D eigenvalue weighted by Gasteiger charge is 2.11. The predicted octanol–water partition coefficient (Wildman–Crippen LogP) is 1.96. The number of hydrogen-bond acceptors (Lipinski definition) is 3. The molecule has 1 aromatic heterocycles. The largest absolute Gasteiger partial charge is 0.319 e. The van der Waals surface area contributed by atoms with Gasteiger partial charge in [0.2, 0.25) is 0 Å². The Balaban J connectivity index is 2.36. The van der Waals surface area contributed by atoms with E-state index in [-0.39, 0.29) is 11.6 Å². The monoisotopic (exact) mass is 263 g/mol. The smallest absolute Gasteiger partial charge is 0.266 e. The van der Waals surface area contributed by atoms with Crippen molar-refractivity contribution in [1.29, 1.82) is 0 Å². The van der Waals surface area contributed by atoms with Gasteiger partial charge in [0.15, 0.2) is 0 Å². The lowest BCUT2D eigenvalue weighted by atomic mass is 10.0. The van der Waals surface area contributed by atoms with E-state index < -0.39 is 0 Å². The van der Waals surface area contributed by atoms with E-state index in [1.54, 1.807) is 18.2 Å². The Bertz CT molecular complexity index is 592. The van der Waals surface area contributed by atoms with Crippen molar-refractivity contribution in [2.75, 3.05) is 0 Å². The minimum absolute atomic E-state index is 0.121. The summed E-state index contributed by atoms with van der Waals surface area (Å²) in [6.45, 7) is 2.39. The molecule has 2 aromatic rings. The summed E-state index contributed by atoms with van der Waals surface area (Å²) in [6, 6.07) is 10.1. The molecule has 0 bridgehead atoms. The number of nitrogens with two attached hydrogens (primary N) is 1. The summed E-state index contributed by atoms with van der Waals surface area (Å²) in [5, 5.41) is 4.90. The molecule has 1 aromatic carbocycles. The van der Waals surface area contributed by atoms with Crippen LogP contribution in [0.2, 0.25) is 5.02 Å². The van der Waals surface area contributed by atoms with Gasteiger partial charge >= 0.3 is 0 Å². The Labute approximate surface area is 110 Å². The Morgan fingerprint density at radius 3 is 2.56 bits per heavy atom. The number of aromatic nitrogens is 2. The second kappa shape index (κ2) is 5.33. The van der Waals surface area contributed by atoms with Gasteiger partial charge in [-0.1, -0.05) is 23.7 Å². The quantitative estimate of drug-likeness (QED) is 0.921. The molecular weight excluding hydrogens is 250 g/mol. The van der Waals surface area contributed by atoms with Crippen LogP contribution in [0, 0.1) is 0 Å². The van der Waals surface area contributed by atoms with E-state index in [0.717, 1.165) is 5.56 Å². The number of hydrogen-bond donors (Lipinski definition) is 1.